The first kappa shape index (κ1) is 24.1. The number of carbonyl (C=O) groups excluding carboxylic acids is 2. The Balaban J connectivity index is 1.53. The number of esters is 1. The standard InChI is InChI=1S/C22H15Br2N3O6/c23-18-7-2-1-6-17(18)22(29)33-16-5-3-4-14(10-16)12-25-26-21(28)13-32-20-9-8-15(27(30)31)11-19(20)24/h1-12H,13H2,(H,26,28)/b25-12-. The Hall–Kier alpha value is -3.57. The van der Waals surface area contributed by atoms with Gasteiger partial charge in [0, 0.05) is 16.6 Å². The van der Waals surface area contributed by atoms with Crippen molar-refractivity contribution in [1.82, 2.24) is 5.43 Å². The zero-order valence-corrected chi connectivity index (χ0v) is 19.9. The zero-order valence-electron chi connectivity index (χ0n) is 16.7. The number of carbonyl (C=O) groups is 2. The van der Waals surface area contributed by atoms with Gasteiger partial charge in [0.1, 0.15) is 11.5 Å². The fourth-order valence-electron chi connectivity index (χ4n) is 2.52. The van der Waals surface area contributed by atoms with E-state index in [1.807, 2.05) is 0 Å². The number of halogens is 2. The number of hydrogen-bond acceptors (Lipinski definition) is 7. The third-order valence-electron chi connectivity index (χ3n) is 4.05. The lowest BCUT2D eigenvalue weighted by Gasteiger charge is -2.07. The number of amides is 1. The lowest BCUT2D eigenvalue weighted by molar-refractivity contribution is -0.384. The van der Waals surface area contributed by atoms with Crippen molar-refractivity contribution < 1.29 is 24.0 Å². The van der Waals surface area contributed by atoms with Crippen molar-refractivity contribution in [2.45, 2.75) is 0 Å². The maximum Gasteiger partial charge on any atom is 0.344 e. The molecule has 0 fully saturated rings. The highest BCUT2D eigenvalue weighted by atomic mass is 79.9. The summed E-state index contributed by atoms with van der Waals surface area (Å²) in [7, 11) is 0. The molecule has 9 nitrogen and oxygen atoms in total. The molecule has 0 unspecified atom stereocenters. The Labute approximate surface area is 204 Å². The van der Waals surface area contributed by atoms with Gasteiger partial charge >= 0.3 is 5.97 Å². The molecule has 11 heteroatoms. The second-order valence-corrected chi connectivity index (χ2v) is 8.10. The molecule has 0 aliphatic carbocycles. The SMILES string of the molecule is O=C(COc1ccc([N+](=O)[O-])cc1Br)N/N=C\c1cccc(OC(=O)c2ccccc2Br)c1. The molecule has 1 N–H and O–H groups in total. The molecular formula is C22H15Br2N3O6. The molecule has 0 heterocycles. The van der Waals surface area contributed by atoms with Crippen molar-refractivity contribution >= 4 is 55.6 Å². The predicted molar refractivity (Wildman–Crippen MR) is 128 cm³/mol. The monoisotopic (exact) mass is 575 g/mol. The van der Waals surface area contributed by atoms with Crippen molar-refractivity contribution in [2.75, 3.05) is 6.61 Å². The molecule has 1 amide bonds. The highest BCUT2D eigenvalue weighted by Crippen LogP contribution is 2.29. The molecule has 0 radical (unpaired) electrons. The highest BCUT2D eigenvalue weighted by molar-refractivity contribution is 9.10. The van der Waals surface area contributed by atoms with Gasteiger partial charge in [0.05, 0.1) is 21.2 Å². The van der Waals surface area contributed by atoms with E-state index < -0.39 is 16.8 Å². The van der Waals surface area contributed by atoms with Crippen LogP contribution in [0, 0.1) is 10.1 Å². The molecule has 168 valence electrons. The maximum atomic E-state index is 12.3. The molecular weight excluding hydrogens is 562 g/mol. The van der Waals surface area contributed by atoms with Gasteiger partial charge in [-0.05, 0) is 67.8 Å². The van der Waals surface area contributed by atoms with Crippen LogP contribution >= 0.6 is 31.9 Å². The van der Waals surface area contributed by atoms with E-state index in [2.05, 4.69) is 42.4 Å². The molecule has 0 bridgehead atoms. The highest BCUT2D eigenvalue weighted by Gasteiger charge is 2.13. The van der Waals surface area contributed by atoms with Gasteiger partial charge in [0.15, 0.2) is 6.61 Å². The number of nitro benzene ring substituents is 1. The summed E-state index contributed by atoms with van der Waals surface area (Å²) in [5, 5.41) is 14.6. The summed E-state index contributed by atoms with van der Waals surface area (Å²) in [6.45, 7) is -0.350. The van der Waals surface area contributed by atoms with Crippen molar-refractivity contribution in [3.8, 4) is 11.5 Å². The average Bonchev–Trinajstić information content (AvgIpc) is 2.78. The van der Waals surface area contributed by atoms with Crippen LogP contribution in [0.1, 0.15) is 15.9 Å². The largest absolute Gasteiger partial charge is 0.483 e. The lowest BCUT2D eigenvalue weighted by Crippen LogP contribution is -2.24. The molecule has 0 saturated heterocycles. The molecule has 0 atom stereocenters. The predicted octanol–water partition coefficient (Wildman–Crippen LogP) is 4.87. The van der Waals surface area contributed by atoms with Crippen molar-refractivity contribution in [2.24, 2.45) is 5.10 Å². The molecule has 33 heavy (non-hydrogen) atoms. The van der Waals surface area contributed by atoms with Gasteiger partial charge in [0.25, 0.3) is 11.6 Å². The van der Waals surface area contributed by atoms with E-state index in [9.17, 15) is 19.7 Å². The molecule has 3 rings (SSSR count). The van der Waals surface area contributed by atoms with Crippen LogP contribution in [0.5, 0.6) is 11.5 Å². The van der Waals surface area contributed by atoms with Crippen LogP contribution in [0.25, 0.3) is 0 Å². The van der Waals surface area contributed by atoms with Gasteiger partial charge in [-0.25, -0.2) is 10.2 Å². The van der Waals surface area contributed by atoms with Gasteiger partial charge < -0.3 is 9.47 Å². The lowest BCUT2D eigenvalue weighted by atomic mass is 10.2. The summed E-state index contributed by atoms with van der Waals surface area (Å²) in [5.74, 6) is -0.455. The van der Waals surface area contributed by atoms with E-state index in [1.54, 1.807) is 48.5 Å². The fourth-order valence-corrected chi connectivity index (χ4v) is 3.45. The number of rotatable bonds is 8. The van der Waals surface area contributed by atoms with Crippen LogP contribution in [0.3, 0.4) is 0 Å². The second kappa shape index (κ2) is 11.3. The molecule has 3 aromatic carbocycles. The average molecular weight is 577 g/mol. The minimum Gasteiger partial charge on any atom is -0.483 e. The topological polar surface area (TPSA) is 120 Å². The summed E-state index contributed by atoms with van der Waals surface area (Å²) < 4.78 is 11.7. The second-order valence-electron chi connectivity index (χ2n) is 6.40. The Kier molecular flexibility index (Phi) is 8.28. The summed E-state index contributed by atoms with van der Waals surface area (Å²) >= 11 is 6.47. The third-order valence-corrected chi connectivity index (χ3v) is 5.36. The Morgan fingerprint density at radius 3 is 2.55 bits per heavy atom. The first-order valence-corrected chi connectivity index (χ1v) is 10.9. The number of nitro groups is 1. The summed E-state index contributed by atoms with van der Waals surface area (Å²) in [5.41, 5.74) is 3.19. The summed E-state index contributed by atoms with van der Waals surface area (Å²) in [6.07, 6.45) is 1.38. The summed E-state index contributed by atoms with van der Waals surface area (Å²) in [4.78, 5) is 34.5. The van der Waals surface area contributed by atoms with Gasteiger partial charge in [-0.3, -0.25) is 14.9 Å². The Bertz CT molecular complexity index is 1230. The molecule has 0 aliphatic rings. The molecule has 3 aromatic rings. The van der Waals surface area contributed by atoms with Crippen LogP contribution in [-0.2, 0) is 4.79 Å². The quantitative estimate of drug-likeness (QED) is 0.134. The fraction of sp³-hybridized carbons (Fsp3) is 0.0455. The van der Waals surface area contributed by atoms with Crippen molar-refractivity contribution in [3.05, 3.63) is 96.9 Å². The van der Waals surface area contributed by atoms with Crippen LogP contribution in [0.4, 0.5) is 5.69 Å². The van der Waals surface area contributed by atoms with Crippen molar-refractivity contribution in [1.29, 1.82) is 0 Å². The minimum atomic E-state index is -0.535. The minimum absolute atomic E-state index is 0.104. The van der Waals surface area contributed by atoms with Crippen LogP contribution in [0.15, 0.2) is 80.8 Å². The van der Waals surface area contributed by atoms with Crippen molar-refractivity contribution in [3.63, 3.8) is 0 Å². The number of nitrogens with zero attached hydrogens (tertiary/aromatic N) is 2. The number of hydrazone groups is 1. The zero-order chi connectivity index (χ0) is 23.8. The van der Waals surface area contributed by atoms with E-state index in [0.29, 0.717) is 25.8 Å². The first-order chi connectivity index (χ1) is 15.8. The number of non-ortho nitro benzene ring substituents is 1. The van der Waals surface area contributed by atoms with Gasteiger partial charge in [-0.15, -0.1) is 0 Å². The van der Waals surface area contributed by atoms with Crippen LogP contribution in [0.2, 0.25) is 0 Å². The van der Waals surface area contributed by atoms with E-state index >= 15 is 0 Å². The molecule has 0 aromatic heterocycles. The number of ether oxygens (including phenoxy) is 2. The van der Waals surface area contributed by atoms with Crippen LogP contribution < -0.4 is 14.9 Å². The maximum absolute atomic E-state index is 12.3. The summed E-state index contributed by atoms with van der Waals surface area (Å²) in [6, 6.07) is 17.5. The normalized spacial score (nSPS) is 10.6. The number of hydrogen-bond donors (Lipinski definition) is 1. The van der Waals surface area contributed by atoms with E-state index in [1.165, 1.54) is 24.4 Å². The van der Waals surface area contributed by atoms with E-state index in [-0.39, 0.29) is 18.0 Å². The van der Waals surface area contributed by atoms with Gasteiger partial charge in [-0.1, -0.05) is 24.3 Å². The molecule has 0 saturated carbocycles. The number of nitrogens with one attached hydrogen (secondary N) is 1. The third kappa shape index (κ3) is 6.96. The Morgan fingerprint density at radius 2 is 1.82 bits per heavy atom. The van der Waals surface area contributed by atoms with Gasteiger partial charge in [0.2, 0.25) is 0 Å². The van der Waals surface area contributed by atoms with Crippen LogP contribution in [-0.4, -0.2) is 29.6 Å². The molecule has 0 spiro atoms. The number of benzene rings is 3. The Morgan fingerprint density at radius 1 is 1.03 bits per heavy atom. The first-order valence-electron chi connectivity index (χ1n) is 9.29. The molecule has 0 aliphatic heterocycles. The van der Waals surface area contributed by atoms with Gasteiger partial charge in [-0.2, -0.15) is 5.10 Å². The van der Waals surface area contributed by atoms with E-state index in [4.69, 9.17) is 9.47 Å². The smallest absolute Gasteiger partial charge is 0.344 e. The van der Waals surface area contributed by atoms with E-state index in [0.717, 1.165) is 0 Å².